The Morgan fingerprint density at radius 2 is 2.05 bits per heavy atom. The van der Waals surface area contributed by atoms with E-state index in [1.807, 2.05) is 4.90 Å². The molecule has 2 heterocycles. The highest BCUT2D eigenvalue weighted by molar-refractivity contribution is 5.79. The lowest BCUT2D eigenvalue weighted by molar-refractivity contribution is -0.139. The number of ether oxygens (including phenoxy) is 1. The highest BCUT2D eigenvalue weighted by Gasteiger charge is 2.35. The minimum atomic E-state index is 0.0589. The molecule has 2 aliphatic rings. The van der Waals surface area contributed by atoms with Gasteiger partial charge in [-0.15, -0.1) is 0 Å². The zero-order valence-electron chi connectivity index (χ0n) is 12.1. The number of carbonyl (C=O) groups is 1. The fourth-order valence-electron chi connectivity index (χ4n) is 3.23. The average Bonchev–Trinajstić information content (AvgIpc) is 2.76. The third kappa shape index (κ3) is 3.48. The molecule has 0 spiro atoms. The van der Waals surface area contributed by atoms with Gasteiger partial charge in [0.2, 0.25) is 5.91 Å². The van der Waals surface area contributed by atoms with Gasteiger partial charge >= 0.3 is 0 Å². The van der Waals surface area contributed by atoms with Crippen LogP contribution in [0.15, 0.2) is 0 Å². The first kappa shape index (κ1) is 14.8. The number of hydrogen-bond donors (Lipinski definition) is 1. The molecule has 19 heavy (non-hydrogen) atoms. The van der Waals surface area contributed by atoms with Gasteiger partial charge in [0.25, 0.3) is 0 Å². The molecule has 0 aliphatic carbocycles. The summed E-state index contributed by atoms with van der Waals surface area (Å²) >= 11 is 0. The van der Waals surface area contributed by atoms with Gasteiger partial charge in [-0.2, -0.15) is 0 Å². The van der Waals surface area contributed by atoms with Gasteiger partial charge in [-0.3, -0.25) is 4.79 Å². The van der Waals surface area contributed by atoms with E-state index < -0.39 is 0 Å². The number of rotatable bonds is 3. The summed E-state index contributed by atoms with van der Waals surface area (Å²) in [6, 6.07) is 0. The summed E-state index contributed by atoms with van der Waals surface area (Å²) in [4.78, 5) is 14.5. The van der Waals surface area contributed by atoms with E-state index in [-0.39, 0.29) is 17.9 Å². The maximum atomic E-state index is 12.5. The predicted octanol–water partition coefficient (Wildman–Crippen LogP) is 1.81. The maximum Gasteiger partial charge on any atom is 0.225 e. The van der Waals surface area contributed by atoms with Crippen LogP contribution >= 0.6 is 0 Å². The number of aliphatic hydroxyl groups is 1. The summed E-state index contributed by atoms with van der Waals surface area (Å²) in [7, 11) is 0. The molecule has 0 aromatic carbocycles. The van der Waals surface area contributed by atoms with Crippen molar-refractivity contribution in [3.63, 3.8) is 0 Å². The minimum Gasteiger partial charge on any atom is -0.396 e. The van der Waals surface area contributed by atoms with Crippen LogP contribution in [0.4, 0.5) is 0 Å². The summed E-state index contributed by atoms with van der Waals surface area (Å²) in [6.07, 6.45) is 5.72. The number of piperidine rings is 1. The molecular formula is C15H27NO3. The Balaban J connectivity index is 1.88. The highest BCUT2D eigenvalue weighted by Crippen LogP contribution is 2.35. The smallest absolute Gasteiger partial charge is 0.225 e. The van der Waals surface area contributed by atoms with Crippen molar-refractivity contribution in [2.24, 2.45) is 11.3 Å². The highest BCUT2D eigenvalue weighted by atomic mass is 16.5. The minimum absolute atomic E-state index is 0.0589. The van der Waals surface area contributed by atoms with Gasteiger partial charge in [-0.25, -0.2) is 0 Å². The van der Waals surface area contributed by atoms with Crippen molar-refractivity contribution < 1.29 is 14.6 Å². The topological polar surface area (TPSA) is 49.8 Å². The number of hydrogen-bond acceptors (Lipinski definition) is 3. The van der Waals surface area contributed by atoms with Gasteiger partial charge < -0.3 is 14.7 Å². The largest absolute Gasteiger partial charge is 0.396 e. The first-order chi connectivity index (χ1) is 9.21. The van der Waals surface area contributed by atoms with Crippen LogP contribution in [0.5, 0.6) is 0 Å². The number of aliphatic hydroxyl groups excluding tert-OH is 1. The van der Waals surface area contributed by atoms with E-state index in [2.05, 4.69) is 6.92 Å². The van der Waals surface area contributed by atoms with Crippen LogP contribution in [0.1, 0.15) is 45.4 Å². The molecule has 2 rings (SSSR count). The van der Waals surface area contributed by atoms with Gasteiger partial charge in [-0.1, -0.05) is 6.92 Å². The lowest BCUT2D eigenvalue weighted by Crippen LogP contribution is -2.46. The molecule has 1 atom stereocenters. The molecular weight excluding hydrogens is 242 g/mol. The van der Waals surface area contributed by atoms with Crippen LogP contribution in [0.25, 0.3) is 0 Å². The van der Waals surface area contributed by atoms with Gasteiger partial charge in [0.15, 0.2) is 0 Å². The number of amides is 1. The van der Waals surface area contributed by atoms with Crippen LogP contribution in [-0.4, -0.2) is 48.8 Å². The number of carbonyl (C=O) groups excluding carboxylic acids is 1. The van der Waals surface area contributed by atoms with Crippen LogP contribution in [0.3, 0.4) is 0 Å². The lowest BCUT2D eigenvalue weighted by Gasteiger charge is -2.41. The predicted molar refractivity (Wildman–Crippen MR) is 73.8 cm³/mol. The van der Waals surface area contributed by atoms with E-state index in [1.165, 1.54) is 0 Å². The fraction of sp³-hybridized carbons (Fsp3) is 0.933. The SMILES string of the molecule is CCC1(CO)CCN(C(=O)C2CCCOCC2)CC1. The molecule has 0 saturated carbocycles. The maximum absolute atomic E-state index is 12.5. The van der Waals surface area contributed by atoms with E-state index >= 15 is 0 Å². The van der Waals surface area contributed by atoms with Crippen LogP contribution < -0.4 is 0 Å². The van der Waals surface area contributed by atoms with Gasteiger partial charge in [0, 0.05) is 38.8 Å². The van der Waals surface area contributed by atoms with Crippen molar-refractivity contribution >= 4 is 5.91 Å². The number of likely N-dealkylation sites (tertiary alicyclic amines) is 1. The van der Waals surface area contributed by atoms with Gasteiger partial charge in [-0.05, 0) is 43.9 Å². The molecule has 2 aliphatic heterocycles. The zero-order valence-corrected chi connectivity index (χ0v) is 12.1. The van der Waals surface area contributed by atoms with Crippen molar-refractivity contribution in [1.29, 1.82) is 0 Å². The van der Waals surface area contributed by atoms with E-state index in [1.54, 1.807) is 0 Å². The monoisotopic (exact) mass is 269 g/mol. The van der Waals surface area contributed by atoms with E-state index in [4.69, 9.17) is 4.74 Å². The third-order valence-electron chi connectivity index (χ3n) is 5.02. The molecule has 1 N–H and O–H groups in total. The van der Waals surface area contributed by atoms with E-state index in [9.17, 15) is 9.90 Å². The quantitative estimate of drug-likeness (QED) is 0.850. The normalized spacial score (nSPS) is 27.9. The Bertz CT molecular complexity index is 284. The third-order valence-corrected chi connectivity index (χ3v) is 5.02. The molecule has 0 radical (unpaired) electrons. The second-order valence-corrected chi connectivity index (χ2v) is 6.08. The fourth-order valence-corrected chi connectivity index (χ4v) is 3.23. The van der Waals surface area contributed by atoms with E-state index in [0.717, 1.165) is 64.8 Å². The summed E-state index contributed by atoms with van der Waals surface area (Å²) in [6.45, 7) is 5.53. The zero-order chi connectivity index (χ0) is 13.7. The molecule has 1 amide bonds. The molecule has 4 nitrogen and oxygen atoms in total. The standard InChI is InChI=1S/C15H27NO3/c1-2-15(12-17)6-8-16(9-7-15)14(18)13-4-3-10-19-11-5-13/h13,17H,2-12H2,1H3. The number of nitrogens with zero attached hydrogens (tertiary/aromatic N) is 1. The molecule has 4 heteroatoms. The molecule has 2 fully saturated rings. The Morgan fingerprint density at radius 1 is 1.32 bits per heavy atom. The lowest BCUT2D eigenvalue weighted by atomic mass is 9.76. The van der Waals surface area contributed by atoms with Crippen molar-refractivity contribution in [3.8, 4) is 0 Å². The van der Waals surface area contributed by atoms with Crippen molar-refractivity contribution in [3.05, 3.63) is 0 Å². The van der Waals surface area contributed by atoms with Crippen LogP contribution in [-0.2, 0) is 9.53 Å². The summed E-state index contributed by atoms with van der Waals surface area (Å²) in [5, 5.41) is 9.53. The Morgan fingerprint density at radius 3 is 2.68 bits per heavy atom. The first-order valence-corrected chi connectivity index (χ1v) is 7.68. The van der Waals surface area contributed by atoms with Gasteiger partial charge in [0.05, 0.1) is 0 Å². The van der Waals surface area contributed by atoms with Crippen LogP contribution in [0.2, 0.25) is 0 Å². The molecule has 0 aromatic heterocycles. The van der Waals surface area contributed by atoms with Crippen molar-refractivity contribution in [2.45, 2.75) is 45.4 Å². The van der Waals surface area contributed by atoms with Crippen molar-refractivity contribution in [1.82, 2.24) is 4.90 Å². The summed E-state index contributed by atoms with van der Waals surface area (Å²) in [5.74, 6) is 0.471. The molecule has 110 valence electrons. The second-order valence-electron chi connectivity index (χ2n) is 6.08. The average molecular weight is 269 g/mol. The molecule has 0 aromatic rings. The molecule has 0 bridgehead atoms. The van der Waals surface area contributed by atoms with Gasteiger partial charge in [0.1, 0.15) is 0 Å². The van der Waals surface area contributed by atoms with E-state index in [0.29, 0.717) is 5.91 Å². The van der Waals surface area contributed by atoms with Crippen LogP contribution in [0, 0.1) is 11.3 Å². The Kier molecular flexibility index (Phi) is 5.22. The summed E-state index contributed by atoms with van der Waals surface area (Å²) in [5.41, 5.74) is 0.0589. The molecule has 1 unspecified atom stereocenters. The second kappa shape index (κ2) is 6.71. The summed E-state index contributed by atoms with van der Waals surface area (Å²) < 4.78 is 5.43. The Labute approximate surface area is 116 Å². The Hall–Kier alpha value is -0.610. The van der Waals surface area contributed by atoms with Crippen molar-refractivity contribution in [2.75, 3.05) is 32.9 Å². The first-order valence-electron chi connectivity index (χ1n) is 7.68. The molecule has 2 saturated heterocycles.